The van der Waals surface area contributed by atoms with Gasteiger partial charge in [0.1, 0.15) is 5.82 Å². The highest BCUT2D eigenvalue weighted by atomic mass is 19.1. The lowest BCUT2D eigenvalue weighted by molar-refractivity contribution is -0.148. The van der Waals surface area contributed by atoms with Crippen LogP contribution in [0.3, 0.4) is 0 Å². The van der Waals surface area contributed by atoms with Crippen molar-refractivity contribution < 1.29 is 13.9 Å². The zero-order valence-electron chi connectivity index (χ0n) is 14.6. The van der Waals surface area contributed by atoms with Crippen molar-refractivity contribution in [2.45, 2.75) is 31.7 Å². The van der Waals surface area contributed by atoms with E-state index >= 15 is 0 Å². The highest BCUT2D eigenvalue weighted by Gasteiger charge is 2.37. The van der Waals surface area contributed by atoms with Crippen molar-refractivity contribution in [1.29, 1.82) is 0 Å². The van der Waals surface area contributed by atoms with Crippen LogP contribution in [-0.2, 0) is 16.0 Å². The molecule has 1 saturated heterocycles. The summed E-state index contributed by atoms with van der Waals surface area (Å²) >= 11 is 0. The Morgan fingerprint density at radius 1 is 1.32 bits per heavy atom. The van der Waals surface area contributed by atoms with Crippen LogP contribution in [0.15, 0.2) is 48.8 Å². The first-order valence-corrected chi connectivity index (χ1v) is 8.51. The highest BCUT2D eigenvalue weighted by molar-refractivity contribution is 5.85. The number of ether oxygens (including phenoxy) is 1. The summed E-state index contributed by atoms with van der Waals surface area (Å²) in [5, 5.41) is 0. The predicted molar refractivity (Wildman–Crippen MR) is 93.7 cm³/mol. The summed E-state index contributed by atoms with van der Waals surface area (Å²) in [6.45, 7) is 5.64. The molecule has 1 unspecified atom stereocenters. The van der Waals surface area contributed by atoms with Gasteiger partial charge in [-0.3, -0.25) is 9.78 Å². The van der Waals surface area contributed by atoms with E-state index in [-0.39, 0.29) is 23.2 Å². The summed E-state index contributed by atoms with van der Waals surface area (Å²) < 4.78 is 18.9. The molecule has 132 valence electrons. The van der Waals surface area contributed by atoms with Crippen molar-refractivity contribution in [2.24, 2.45) is 0 Å². The molecule has 1 aliphatic rings. The molecule has 0 saturated carbocycles. The number of carbonyl (C=O) groups is 1. The first-order chi connectivity index (χ1) is 12.0. The maximum Gasteiger partial charge on any atom is 0.231 e. The maximum atomic E-state index is 13.4. The van der Waals surface area contributed by atoms with Crippen LogP contribution in [0.1, 0.15) is 30.9 Å². The van der Waals surface area contributed by atoms with E-state index in [0.29, 0.717) is 26.2 Å². The van der Waals surface area contributed by atoms with Gasteiger partial charge in [0.2, 0.25) is 5.91 Å². The van der Waals surface area contributed by atoms with Crippen LogP contribution in [0.4, 0.5) is 4.39 Å². The fraction of sp³-hybridized carbons (Fsp3) is 0.400. The zero-order chi connectivity index (χ0) is 17.9. The number of pyridine rings is 1. The van der Waals surface area contributed by atoms with Crippen LogP contribution in [0, 0.1) is 5.82 Å². The van der Waals surface area contributed by atoms with Crippen LogP contribution >= 0.6 is 0 Å². The second-order valence-electron chi connectivity index (χ2n) is 7.02. The summed E-state index contributed by atoms with van der Waals surface area (Å²) in [6, 6.07) is 10.0. The Morgan fingerprint density at radius 3 is 2.72 bits per heavy atom. The van der Waals surface area contributed by atoms with Gasteiger partial charge in [0.05, 0.1) is 24.7 Å². The highest BCUT2D eigenvalue weighted by Crippen LogP contribution is 2.28. The van der Waals surface area contributed by atoms with Crippen LogP contribution in [0.5, 0.6) is 0 Å². The number of hydrogen-bond donors (Lipinski definition) is 0. The van der Waals surface area contributed by atoms with Gasteiger partial charge in [-0.05, 0) is 49.6 Å². The third-order valence-corrected chi connectivity index (χ3v) is 4.64. The molecule has 1 aromatic heterocycles. The number of aromatic nitrogens is 1. The van der Waals surface area contributed by atoms with Gasteiger partial charge in [-0.25, -0.2) is 4.39 Å². The molecule has 25 heavy (non-hydrogen) atoms. The van der Waals surface area contributed by atoms with Gasteiger partial charge in [0.25, 0.3) is 0 Å². The van der Waals surface area contributed by atoms with E-state index in [1.165, 1.54) is 12.1 Å². The van der Waals surface area contributed by atoms with Gasteiger partial charge < -0.3 is 9.64 Å². The molecule has 2 aromatic rings. The Bertz CT molecular complexity index is 716. The number of rotatable bonds is 4. The van der Waals surface area contributed by atoms with Crippen LogP contribution in [0.25, 0.3) is 0 Å². The van der Waals surface area contributed by atoms with E-state index in [1.807, 2.05) is 30.9 Å². The van der Waals surface area contributed by atoms with E-state index in [2.05, 4.69) is 4.98 Å². The molecule has 1 amide bonds. The average Bonchev–Trinajstić information content (AvgIpc) is 2.61. The van der Waals surface area contributed by atoms with Crippen molar-refractivity contribution in [3.8, 4) is 0 Å². The Morgan fingerprint density at radius 2 is 2.08 bits per heavy atom. The minimum atomic E-state index is -0.373. The minimum Gasteiger partial charge on any atom is -0.377 e. The Labute approximate surface area is 147 Å². The Kier molecular flexibility index (Phi) is 5.13. The summed E-state index contributed by atoms with van der Waals surface area (Å²) in [5.74, 6) is -0.631. The summed E-state index contributed by atoms with van der Waals surface area (Å²) in [6.07, 6.45) is 4.02. The van der Waals surface area contributed by atoms with E-state index < -0.39 is 0 Å². The normalized spacial score (nSPS) is 18.0. The second kappa shape index (κ2) is 7.31. The number of amides is 1. The Balaban J connectivity index is 1.92. The number of carbonyl (C=O) groups excluding carboxylic acids is 1. The topological polar surface area (TPSA) is 42.4 Å². The van der Waals surface area contributed by atoms with E-state index in [0.717, 1.165) is 11.1 Å². The van der Waals surface area contributed by atoms with Gasteiger partial charge in [-0.2, -0.15) is 0 Å². The predicted octanol–water partition coefficient (Wildman–Crippen LogP) is 3.18. The van der Waals surface area contributed by atoms with E-state index in [4.69, 9.17) is 4.74 Å². The molecule has 1 aromatic carbocycles. The summed E-state index contributed by atoms with van der Waals surface area (Å²) in [4.78, 5) is 19.4. The molecule has 1 fully saturated rings. The molecule has 0 radical (unpaired) electrons. The first-order valence-electron chi connectivity index (χ1n) is 8.51. The quantitative estimate of drug-likeness (QED) is 0.857. The van der Waals surface area contributed by atoms with Crippen molar-refractivity contribution in [1.82, 2.24) is 9.88 Å². The SMILES string of the molecule is CC1(C)COCCN1C(=O)C(Cc1cccnc1)c1ccc(F)cc1. The minimum absolute atomic E-state index is 0.0451. The largest absolute Gasteiger partial charge is 0.377 e. The molecule has 4 nitrogen and oxygen atoms in total. The lowest BCUT2D eigenvalue weighted by Crippen LogP contribution is -2.56. The summed E-state index contributed by atoms with van der Waals surface area (Å²) in [7, 11) is 0. The third kappa shape index (κ3) is 4.04. The number of benzene rings is 1. The molecule has 5 heteroatoms. The number of hydrogen-bond acceptors (Lipinski definition) is 3. The van der Waals surface area contributed by atoms with Crippen molar-refractivity contribution in [3.63, 3.8) is 0 Å². The molecule has 3 rings (SSSR count). The summed E-state index contributed by atoms with van der Waals surface area (Å²) in [5.41, 5.74) is 1.44. The molecular formula is C20H23FN2O2. The maximum absolute atomic E-state index is 13.4. The molecule has 0 aliphatic carbocycles. The fourth-order valence-electron chi connectivity index (χ4n) is 3.25. The molecule has 0 N–H and O–H groups in total. The molecule has 2 heterocycles. The van der Waals surface area contributed by atoms with Gasteiger partial charge in [0.15, 0.2) is 0 Å². The van der Waals surface area contributed by atoms with Crippen LogP contribution < -0.4 is 0 Å². The van der Waals surface area contributed by atoms with E-state index in [9.17, 15) is 9.18 Å². The monoisotopic (exact) mass is 342 g/mol. The second-order valence-corrected chi connectivity index (χ2v) is 7.02. The average molecular weight is 342 g/mol. The van der Waals surface area contributed by atoms with Crippen molar-refractivity contribution in [3.05, 3.63) is 65.7 Å². The van der Waals surface area contributed by atoms with Crippen molar-refractivity contribution >= 4 is 5.91 Å². The number of morpholine rings is 1. The molecule has 1 atom stereocenters. The smallest absolute Gasteiger partial charge is 0.231 e. The van der Waals surface area contributed by atoms with Gasteiger partial charge >= 0.3 is 0 Å². The molecule has 0 bridgehead atoms. The van der Waals surface area contributed by atoms with Crippen molar-refractivity contribution in [2.75, 3.05) is 19.8 Å². The fourth-order valence-corrected chi connectivity index (χ4v) is 3.25. The molecule has 1 aliphatic heterocycles. The standard InChI is InChI=1S/C20H23FN2O2/c1-20(2)14-25-11-10-23(20)19(24)18(12-15-4-3-9-22-13-15)16-5-7-17(21)8-6-16/h3-9,13,18H,10-12,14H2,1-2H3. The number of halogens is 1. The van der Waals surface area contributed by atoms with E-state index in [1.54, 1.807) is 24.5 Å². The van der Waals surface area contributed by atoms with Gasteiger partial charge in [-0.1, -0.05) is 18.2 Å². The van der Waals surface area contributed by atoms with Gasteiger partial charge in [0, 0.05) is 18.9 Å². The van der Waals surface area contributed by atoms with Gasteiger partial charge in [-0.15, -0.1) is 0 Å². The Hall–Kier alpha value is -2.27. The first kappa shape index (κ1) is 17.5. The third-order valence-electron chi connectivity index (χ3n) is 4.64. The lowest BCUT2D eigenvalue weighted by atomic mass is 9.89. The van der Waals surface area contributed by atoms with Crippen LogP contribution in [-0.4, -0.2) is 41.1 Å². The lowest BCUT2D eigenvalue weighted by Gasteiger charge is -2.43. The van der Waals surface area contributed by atoms with Crippen LogP contribution in [0.2, 0.25) is 0 Å². The molecule has 0 spiro atoms. The molecular weight excluding hydrogens is 319 g/mol. The number of nitrogens with zero attached hydrogens (tertiary/aromatic N) is 2. The zero-order valence-corrected chi connectivity index (χ0v) is 14.6.